The first kappa shape index (κ1) is 13.7. The van der Waals surface area contributed by atoms with Crippen LogP contribution in [0.2, 0.25) is 0 Å². The molecule has 0 heterocycles. The highest BCUT2D eigenvalue weighted by molar-refractivity contribution is 6.02. The van der Waals surface area contributed by atoms with Crippen molar-refractivity contribution in [3.05, 3.63) is 29.6 Å². The molecule has 0 aliphatic rings. The van der Waals surface area contributed by atoms with Crippen LogP contribution < -0.4 is 16.2 Å². The minimum absolute atomic E-state index is 0.637. The molecule has 0 spiro atoms. The summed E-state index contributed by atoms with van der Waals surface area (Å²) in [4.78, 5) is 14.3. The number of benzene rings is 1. The quantitative estimate of drug-likeness (QED) is 0.476. The van der Waals surface area contributed by atoms with Crippen LogP contribution in [0.3, 0.4) is 0 Å². The number of guanidine groups is 1. The second-order valence-corrected chi connectivity index (χ2v) is 3.01. The number of hydrogen-bond donors (Lipinski definition) is 2. The molecule has 0 fully saturated rings. The Balaban J connectivity index is 3.14. The summed E-state index contributed by atoms with van der Waals surface area (Å²) in [6.45, 7) is 0. The zero-order valence-electron chi connectivity index (χ0n) is 8.66. The van der Waals surface area contributed by atoms with Crippen molar-refractivity contribution in [2.75, 3.05) is 0 Å². The number of carbonyl (C=O) groups excluding carboxylic acids is 1. The molecule has 98 valence electrons. The third kappa shape index (κ3) is 3.61. The first-order valence-electron chi connectivity index (χ1n) is 4.39. The summed E-state index contributed by atoms with van der Waals surface area (Å²) in [6, 6.07) is 2.64. The third-order valence-corrected chi connectivity index (χ3v) is 1.65. The number of halogens is 4. The second-order valence-electron chi connectivity index (χ2n) is 3.01. The van der Waals surface area contributed by atoms with Crippen molar-refractivity contribution >= 4 is 11.9 Å². The lowest BCUT2D eigenvalue weighted by Crippen LogP contribution is -2.24. The summed E-state index contributed by atoms with van der Waals surface area (Å²) < 4.78 is 52.7. The molecule has 4 N–H and O–H groups in total. The Kier molecular flexibility index (Phi) is 3.74. The lowest BCUT2D eigenvalue weighted by molar-refractivity contribution is -0.275. The Bertz CT molecular complexity index is 495. The van der Waals surface area contributed by atoms with E-state index in [9.17, 15) is 22.4 Å². The van der Waals surface area contributed by atoms with Crippen LogP contribution in [0.1, 0.15) is 10.4 Å². The maximum absolute atomic E-state index is 13.5. The average Bonchev–Trinajstić information content (AvgIpc) is 2.18. The largest absolute Gasteiger partial charge is 0.573 e. The number of hydrogen-bond acceptors (Lipinski definition) is 2. The second kappa shape index (κ2) is 4.90. The molecule has 0 atom stereocenters. The predicted molar refractivity (Wildman–Crippen MR) is 53.2 cm³/mol. The summed E-state index contributed by atoms with van der Waals surface area (Å²) in [7, 11) is 0. The van der Waals surface area contributed by atoms with E-state index in [1.807, 2.05) is 0 Å². The van der Waals surface area contributed by atoms with Crippen LogP contribution in [0.4, 0.5) is 17.6 Å². The molecule has 0 aliphatic heterocycles. The van der Waals surface area contributed by atoms with Gasteiger partial charge < -0.3 is 16.2 Å². The van der Waals surface area contributed by atoms with E-state index in [0.29, 0.717) is 0 Å². The number of carbonyl (C=O) groups is 1. The van der Waals surface area contributed by atoms with Gasteiger partial charge in [0.05, 0.1) is 5.56 Å². The van der Waals surface area contributed by atoms with Crippen molar-refractivity contribution < 1.29 is 27.1 Å². The smallest absolute Gasteiger partial charge is 0.403 e. The molecular formula is C9H7F4N3O2. The van der Waals surface area contributed by atoms with Gasteiger partial charge in [-0.1, -0.05) is 6.07 Å². The molecule has 5 nitrogen and oxygen atoms in total. The predicted octanol–water partition coefficient (Wildman–Crippen LogP) is 1.14. The van der Waals surface area contributed by atoms with Gasteiger partial charge in [0, 0.05) is 0 Å². The van der Waals surface area contributed by atoms with Crippen LogP contribution in [0.25, 0.3) is 0 Å². The summed E-state index contributed by atoms with van der Waals surface area (Å²) >= 11 is 0. The molecule has 0 saturated heterocycles. The standard InChI is InChI=1S/C9H7F4N3O2/c10-6-4(7(17)16-8(14)15)2-1-3-5(6)18-9(11,12)13/h1-3H,(H4,14,15,16,17). The van der Waals surface area contributed by atoms with Crippen molar-refractivity contribution in [2.45, 2.75) is 6.36 Å². The summed E-state index contributed by atoms with van der Waals surface area (Å²) in [5.41, 5.74) is 9.06. The molecule has 1 aromatic carbocycles. The Morgan fingerprint density at radius 2 is 1.89 bits per heavy atom. The molecule has 9 heteroatoms. The highest BCUT2D eigenvalue weighted by atomic mass is 19.4. The number of nitrogens with zero attached hydrogens (tertiary/aromatic N) is 1. The van der Waals surface area contributed by atoms with E-state index in [-0.39, 0.29) is 0 Å². The molecule has 0 aliphatic carbocycles. The van der Waals surface area contributed by atoms with Gasteiger partial charge in [-0.3, -0.25) is 4.79 Å². The van der Waals surface area contributed by atoms with E-state index >= 15 is 0 Å². The van der Waals surface area contributed by atoms with Crippen LogP contribution in [0.5, 0.6) is 5.75 Å². The molecule has 1 aromatic rings. The normalized spacial score (nSPS) is 10.9. The molecule has 1 amide bonds. The van der Waals surface area contributed by atoms with Gasteiger partial charge in [0.25, 0.3) is 5.91 Å². The van der Waals surface area contributed by atoms with E-state index in [2.05, 4.69) is 9.73 Å². The van der Waals surface area contributed by atoms with E-state index in [0.717, 1.165) is 18.2 Å². The van der Waals surface area contributed by atoms with E-state index < -0.39 is 35.4 Å². The molecule has 0 bridgehead atoms. The molecule has 0 radical (unpaired) electrons. The van der Waals surface area contributed by atoms with Crippen molar-refractivity contribution in [1.29, 1.82) is 0 Å². The Morgan fingerprint density at radius 3 is 2.39 bits per heavy atom. The average molecular weight is 265 g/mol. The van der Waals surface area contributed by atoms with Crippen LogP contribution in [-0.2, 0) is 0 Å². The summed E-state index contributed by atoms with van der Waals surface area (Å²) in [6.07, 6.45) is -5.07. The van der Waals surface area contributed by atoms with Gasteiger partial charge in [-0.05, 0) is 12.1 Å². The third-order valence-electron chi connectivity index (χ3n) is 1.65. The highest BCUT2D eigenvalue weighted by Crippen LogP contribution is 2.27. The van der Waals surface area contributed by atoms with Crippen molar-refractivity contribution in [3.8, 4) is 5.75 Å². The number of amides is 1. The van der Waals surface area contributed by atoms with Crippen molar-refractivity contribution in [3.63, 3.8) is 0 Å². The number of aliphatic imine (C=N–C) groups is 1. The SMILES string of the molecule is NC(N)=NC(=O)c1cccc(OC(F)(F)F)c1F. The molecule has 1 rings (SSSR count). The first-order chi connectivity index (χ1) is 8.20. The molecule has 18 heavy (non-hydrogen) atoms. The van der Waals surface area contributed by atoms with Crippen LogP contribution >= 0.6 is 0 Å². The minimum Gasteiger partial charge on any atom is -0.403 e. The number of ether oxygens (including phenoxy) is 1. The fourth-order valence-electron chi connectivity index (χ4n) is 1.06. The Hall–Kier alpha value is -2.32. The Morgan fingerprint density at radius 1 is 1.28 bits per heavy atom. The molecule has 0 unspecified atom stereocenters. The first-order valence-corrected chi connectivity index (χ1v) is 4.39. The van der Waals surface area contributed by atoms with Crippen molar-refractivity contribution in [1.82, 2.24) is 0 Å². The maximum atomic E-state index is 13.5. The van der Waals surface area contributed by atoms with Gasteiger partial charge in [-0.15, -0.1) is 13.2 Å². The number of nitrogens with two attached hydrogens (primary N) is 2. The number of rotatable bonds is 2. The molecule has 0 saturated carbocycles. The molecular weight excluding hydrogens is 258 g/mol. The van der Waals surface area contributed by atoms with Gasteiger partial charge in [-0.25, -0.2) is 4.39 Å². The zero-order chi connectivity index (χ0) is 13.9. The van der Waals surface area contributed by atoms with Crippen LogP contribution in [-0.4, -0.2) is 18.2 Å². The van der Waals surface area contributed by atoms with Gasteiger partial charge >= 0.3 is 6.36 Å². The van der Waals surface area contributed by atoms with Gasteiger partial charge in [0.1, 0.15) is 0 Å². The fraction of sp³-hybridized carbons (Fsp3) is 0.111. The lowest BCUT2D eigenvalue weighted by Gasteiger charge is -2.10. The number of alkyl halides is 3. The summed E-state index contributed by atoms with van der Waals surface area (Å²) in [5.74, 6) is -4.48. The fourth-order valence-corrected chi connectivity index (χ4v) is 1.06. The van der Waals surface area contributed by atoms with Gasteiger partial charge in [0.2, 0.25) is 0 Å². The zero-order valence-corrected chi connectivity index (χ0v) is 8.66. The summed E-state index contributed by atoms with van der Waals surface area (Å²) in [5, 5.41) is 0. The van der Waals surface area contributed by atoms with Gasteiger partial charge in [0.15, 0.2) is 17.5 Å². The molecule has 0 aromatic heterocycles. The van der Waals surface area contributed by atoms with E-state index in [1.54, 1.807) is 0 Å². The van der Waals surface area contributed by atoms with Crippen LogP contribution in [0, 0.1) is 5.82 Å². The maximum Gasteiger partial charge on any atom is 0.573 e. The Labute approximate surface area is 98.0 Å². The monoisotopic (exact) mass is 265 g/mol. The van der Waals surface area contributed by atoms with E-state index in [1.165, 1.54) is 0 Å². The van der Waals surface area contributed by atoms with Crippen LogP contribution in [0.15, 0.2) is 23.2 Å². The lowest BCUT2D eigenvalue weighted by atomic mass is 10.2. The van der Waals surface area contributed by atoms with Crippen molar-refractivity contribution in [2.24, 2.45) is 16.5 Å². The minimum atomic E-state index is -5.07. The highest BCUT2D eigenvalue weighted by Gasteiger charge is 2.33. The van der Waals surface area contributed by atoms with E-state index in [4.69, 9.17) is 11.5 Å². The van der Waals surface area contributed by atoms with Gasteiger partial charge in [-0.2, -0.15) is 4.99 Å². The topological polar surface area (TPSA) is 90.7 Å².